The second-order valence-corrected chi connectivity index (χ2v) is 12.1. The molecule has 1 aliphatic heterocycles. The monoisotopic (exact) mass is 630 g/mol. The Labute approximate surface area is 271 Å². The molecule has 0 radical (unpaired) electrons. The third kappa shape index (κ3) is 9.61. The number of rotatable bonds is 8. The van der Waals surface area contributed by atoms with Crippen molar-refractivity contribution in [2.75, 3.05) is 38.7 Å². The largest absolute Gasteiger partial charge is 0.490 e. The number of fused-ring (bicyclic) bond motifs is 1. The van der Waals surface area contributed by atoms with Crippen molar-refractivity contribution in [3.8, 4) is 5.75 Å². The van der Waals surface area contributed by atoms with Gasteiger partial charge in [-0.05, 0) is 69.0 Å². The van der Waals surface area contributed by atoms with Crippen molar-refractivity contribution in [2.45, 2.75) is 64.7 Å². The maximum absolute atomic E-state index is 14.3. The Morgan fingerprint density at radius 3 is 2.54 bits per heavy atom. The zero-order valence-corrected chi connectivity index (χ0v) is 27.2. The first-order valence-corrected chi connectivity index (χ1v) is 16.0. The molecule has 2 heterocycles. The molecule has 46 heavy (non-hydrogen) atoms. The highest BCUT2D eigenvalue weighted by molar-refractivity contribution is 6.05. The number of ether oxygens (including phenoxy) is 2. The van der Waals surface area contributed by atoms with E-state index >= 15 is 0 Å². The normalized spacial score (nSPS) is 20.1. The number of aromatic nitrogens is 1. The van der Waals surface area contributed by atoms with Crippen LogP contribution in [0.1, 0.15) is 66.3 Å². The summed E-state index contributed by atoms with van der Waals surface area (Å²) >= 11 is 0. The molecule has 0 aliphatic carbocycles. The van der Waals surface area contributed by atoms with Gasteiger partial charge < -0.3 is 29.7 Å². The van der Waals surface area contributed by atoms with Crippen LogP contribution < -0.4 is 10.1 Å². The quantitative estimate of drug-likeness (QED) is 0.366. The number of amides is 3. The highest BCUT2D eigenvalue weighted by Crippen LogP contribution is 2.29. The molecule has 3 aromatic rings. The molecule has 4 rings (SSSR count). The van der Waals surface area contributed by atoms with Gasteiger partial charge in [-0.1, -0.05) is 37.3 Å². The lowest BCUT2D eigenvalue weighted by Crippen LogP contribution is -2.48. The minimum absolute atomic E-state index is 0.0145. The molecule has 4 atom stereocenters. The summed E-state index contributed by atoms with van der Waals surface area (Å²) in [6.45, 7) is 6.66. The molecule has 10 heteroatoms. The van der Waals surface area contributed by atoms with E-state index in [1.165, 1.54) is 0 Å². The molecule has 1 aliphatic rings. The van der Waals surface area contributed by atoms with E-state index in [-0.39, 0.29) is 54.6 Å². The molecule has 2 N–H and O–H groups in total. The lowest BCUT2D eigenvalue weighted by Gasteiger charge is -2.36. The maximum Gasteiger partial charge on any atom is 0.258 e. The van der Waals surface area contributed by atoms with Crippen LogP contribution in [0.25, 0.3) is 0 Å². The standard InChI is InChI=1S/C36H46N4O6/c1-25-22-40(26(2)24-41)36(44)31-21-30(38-35(43)29-15-17-37-18-16-29)13-14-32(31)46-27(3)10-8-9-19-45-33(25)23-39(4)34(42)20-28-11-6-5-7-12-28/h5-7,11-18,21,25-27,33,41H,8-10,19-20,22-24H2,1-4H3,(H,38,43)/t25-,26+,27+,33-/m0/s1. The molecule has 1 aromatic heterocycles. The summed E-state index contributed by atoms with van der Waals surface area (Å²) < 4.78 is 12.7. The predicted octanol–water partition coefficient (Wildman–Crippen LogP) is 4.83. The molecule has 3 amide bonds. The fraction of sp³-hybridized carbons (Fsp3) is 0.444. The number of hydrogen-bond acceptors (Lipinski definition) is 7. The summed E-state index contributed by atoms with van der Waals surface area (Å²) in [5.41, 5.74) is 2.11. The van der Waals surface area contributed by atoms with Crippen molar-refractivity contribution in [1.82, 2.24) is 14.8 Å². The minimum Gasteiger partial charge on any atom is -0.490 e. The number of anilines is 1. The van der Waals surface area contributed by atoms with Gasteiger partial charge in [-0.15, -0.1) is 0 Å². The number of benzene rings is 2. The highest BCUT2D eigenvalue weighted by atomic mass is 16.5. The maximum atomic E-state index is 14.3. The van der Waals surface area contributed by atoms with Gasteiger partial charge in [0.25, 0.3) is 11.8 Å². The van der Waals surface area contributed by atoms with Gasteiger partial charge in [0.05, 0.1) is 36.8 Å². The summed E-state index contributed by atoms with van der Waals surface area (Å²) in [5.74, 6) is -0.437. The number of aliphatic hydroxyl groups excluding tert-OH is 1. The van der Waals surface area contributed by atoms with Crippen molar-refractivity contribution in [3.05, 3.63) is 89.7 Å². The van der Waals surface area contributed by atoms with Crippen LogP contribution in [0.4, 0.5) is 5.69 Å². The first-order valence-electron chi connectivity index (χ1n) is 16.0. The van der Waals surface area contributed by atoms with Crippen LogP contribution in [-0.4, -0.2) is 89.2 Å². The Balaban J connectivity index is 1.60. The highest BCUT2D eigenvalue weighted by Gasteiger charge is 2.31. The molecule has 0 fully saturated rings. The average molecular weight is 631 g/mol. The van der Waals surface area contributed by atoms with Gasteiger partial charge in [0.1, 0.15) is 5.75 Å². The molecule has 2 aromatic carbocycles. The number of hydrogen-bond donors (Lipinski definition) is 2. The van der Waals surface area contributed by atoms with Crippen LogP contribution in [0, 0.1) is 5.92 Å². The predicted molar refractivity (Wildman–Crippen MR) is 177 cm³/mol. The Morgan fingerprint density at radius 1 is 1.09 bits per heavy atom. The Morgan fingerprint density at radius 2 is 1.83 bits per heavy atom. The molecular weight excluding hydrogens is 584 g/mol. The van der Waals surface area contributed by atoms with Crippen molar-refractivity contribution < 1.29 is 29.0 Å². The van der Waals surface area contributed by atoms with Crippen LogP contribution in [-0.2, 0) is 16.0 Å². The van der Waals surface area contributed by atoms with E-state index in [0.29, 0.717) is 36.6 Å². The second kappa shape index (κ2) is 16.9. The number of pyridine rings is 1. The van der Waals surface area contributed by atoms with Crippen LogP contribution in [0.2, 0.25) is 0 Å². The third-order valence-electron chi connectivity index (χ3n) is 8.33. The Hall–Kier alpha value is -4.28. The number of carbonyl (C=O) groups is 3. The van der Waals surface area contributed by atoms with Crippen LogP contribution in [0.5, 0.6) is 5.75 Å². The van der Waals surface area contributed by atoms with E-state index in [1.54, 1.807) is 66.5 Å². The van der Waals surface area contributed by atoms with E-state index < -0.39 is 6.04 Å². The van der Waals surface area contributed by atoms with Gasteiger partial charge in [-0.2, -0.15) is 0 Å². The van der Waals surface area contributed by atoms with Gasteiger partial charge in [0.2, 0.25) is 5.91 Å². The second-order valence-electron chi connectivity index (χ2n) is 12.1. The van der Waals surface area contributed by atoms with Gasteiger partial charge >= 0.3 is 0 Å². The zero-order chi connectivity index (χ0) is 33.1. The van der Waals surface area contributed by atoms with Crippen LogP contribution >= 0.6 is 0 Å². The number of likely N-dealkylation sites (N-methyl/N-ethyl adjacent to an activating group) is 1. The number of aliphatic hydroxyl groups is 1. The molecule has 0 spiro atoms. The smallest absolute Gasteiger partial charge is 0.258 e. The fourth-order valence-electron chi connectivity index (χ4n) is 5.45. The van der Waals surface area contributed by atoms with E-state index in [4.69, 9.17) is 9.47 Å². The van der Waals surface area contributed by atoms with Crippen LogP contribution in [0.15, 0.2) is 73.1 Å². The van der Waals surface area contributed by atoms with Crippen molar-refractivity contribution in [3.63, 3.8) is 0 Å². The van der Waals surface area contributed by atoms with Gasteiger partial charge in [-0.3, -0.25) is 19.4 Å². The SMILES string of the molecule is C[C@@H]1CCCCO[C@@H](CN(C)C(=O)Cc2ccccc2)[C@@H](C)CN([C@H](C)CO)C(=O)c2cc(NC(=O)c3ccncc3)ccc2O1. The zero-order valence-electron chi connectivity index (χ0n) is 27.2. The molecule has 246 valence electrons. The molecule has 10 nitrogen and oxygen atoms in total. The van der Waals surface area contributed by atoms with E-state index in [1.807, 2.05) is 44.2 Å². The summed E-state index contributed by atoms with van der Waals surface area (Å²) in [7, 11) is 1.78. The number of carbonyl (C=O) groups excluding carboxylic acids is 3. The molecule has 0 saturated carbocycles. The fourth-order valence-corrected chi connectivity index (χ4v) is 5.45. The summed E-state index contributed by atoms with van der Waals surface area (Å²) in [6.07, 6.45) is 5.30. The average Bonchev–Trinajstić information content (AvgIpc) is 3.06. The summed E-state index contributed by atoms with van der Waals surface area (Å²) in [5, 5.41) is 13.1. The molecular formula is C36H46N4O6. The lowest BCUT2D eigenvalue weighted by molar-refractivity contribution is -0.131. The first-order chi connectivity index (χ1) is 22.2. The first kappa shape index (κ1) is 34.6. The minimum atomic E-state index is -0.513. The van der Waals surface area contributed by atoms with Crippen molar-refractivity contribution in [2.24, 2.45) is 5.92 Å². The molecule has 0 unspecified atom stereocenters. The van der Waals surface area contributed by atoms with Gasteiger partial charge in [-0.25, -0.2) is 0 Å². The molecule has 0 saturated heterocycles. The Bertz CT molecular complexity index is 1440. The van der Waals surface area contributed by atoms with Crippen LogP contribution in [0.3, 0.4) is 0 Å². The summed E-state index contributed by atoms with van der Waals surface area (Å²) in [4.78, 5) is 47.6. The number of nitrogens with one attached hydrogen (secondary N) is 1. The van der Waals surface area contributed by atoms with E-state index in [9.17, 15) is 19.5 Å². The topological polar surface area (TPSA) is 121 Å². The molecule has 0 bridgehead atoms. The third-order valence-corrected chi connectivity index (χ3v) is 8.33. The van der Waals surface area contributed by atoms with Gasteiger partial charge in [0, 0.05) is 56.3 Å². The lowest BCUT2D eigenvalue weighted by atomic mass is 10.0. The number of nitrogens with zero attached hydrogens (tertiary/aromatic N) is 3. The Kier molecular flexibility index (Phi) is 12.7. The van der Waals surface area contributed by atoms with Crippen molar-refractivity contribution in [1.29, 1.82) is 0 Å². The van der Waals surface area contributed by atoms with E-state index in [2.05, 4.69) is 10.3 Å². The van der Waals surface area contributed by atoms with Crippen molar-refractivity contribution >= 4 is 23.4 Å². The van der Waals surface area contributed by atoms with E-state index in [0.717, 1.165) is 24.8 Å². The van der Waals surface area contributed by atoms with Gasteiger partial charge in [0.15, 0.2) is 0 Å². The summed E-state index contributed by atoms with van der Waals surface area (Å²) in [6, 6.07) is 17.4.